The number of amides is 2. The van der Waals surface area contributed by atoms with Gasteiger partial charge >= 0.3 is 6.03 Å². The maximum absolute atomic E-state index is 12.8. The fraction of sp³-hybridized carbons (Fsp3) is 0.400. The highest BCUT2D eigenvalue weighted by molar-refractivity contribution is 9.10. The van der Waals surface area contributed by atoms with Gasteiger partial charge < -0.3 is 14.5 Å². The number of hydrogen-bond donors (Lipinski definition) is 1. The van der Waals surface area contributed by atoms with Crippen molar-refractivity contribution in [2.75, 3.05) is 37.0 Å². The minimum Gasteiger partial charge on any atom is -0.494 e. The molecule has 4 heterocycles. The predicted octanol–water partition coefficient (Wildman–Crippen LogP) is 3.27. The normalized spacial score (nSPS) is 16.7. The Bertz CT molecular complexity index is 1070. The fourth-order valence-corrected chi connectivity index (χ4v) is 4.31. The van der Waals surface area contributed by atoms with E-state index in [1.165, 1.54) is 0 Å². The minimum absolute atomic E-state index is 0.154. The van der Waals surface area contributed by atoms with Crippen molar-refractivity contribution in [1.29, 1.82) is 0 Å². The van der Waals surface area contributed by atoms with Gasteiger partial charge in [0.1, 0.15) is 10.4 Å². The molecule has 158 valence electrons. The Kier molecular flexibility index (Phi) is 5.76. The van der Waals surface area contributed by atoms with Crippen molar-refractivity contribution >= 4 is 44.5 Å². The summed E-state index contributed by atoms with van der Waals surface area (Å²) in [5, 5.41) is 8.26. The minimum atomic E-state index is -0.154. The van der Waals surface area contributed by atoms with Crippen molar-refractivity contribution in [3.8, 4) is 5.75 Å². The molecule has 0 saturated carbocycles. The van der Waals surface area contributed by atoms with Gasteiger partial charge in [-0.15, -0.1) is 0 Å². The van der Waals surface area contributed by atoms with Crippen LogP contribution in [0, 0.1) is 0 Å². The molecule has 3 aromatic rings. The number of piperazine rings is 1. The lowest BCUT2D eigenvalue weighted by Crippen LogP contribution is -2.55. The number of anilines is 2. The summed E-state index contributed by atoms with van der Waals surface area (Å²) in [6, 6.07) is 5.57. The molecule has 1 saturated heterocycles. The van der Waals surface area contributed by atoms with Crippen molar-refractivity contribution in [2.24, 2.45) is 7.05 Å². The maximum Gasteiger partial charge on any atom is 0.323 e. The number of rotatable bonds is 4. The zero-order chi connectivity index (χ0) is 21.3. The van der Waals surface area contributed by atoms with Crippen LogP contribution in [0.4, 0.5) is 16.3 Å². The van der Waals surface area contributed by atoms with Crippen LogP contribution in [0.15, 0.2) is 35.2 Å². The molecule has 1 unspecified atom stereocenters. The molecule has 0 aliphatic carbocycles. The third-order valence-electron chi connectivity index (χ3n) is 5.43. The van der Waals surface area contributed by atoms with Crippen LogP contribution in [-0.2, 0) is 7.05 Å². The Labute approximate surface area is 183 Å². The van der Waals surface area contributed by atoms with E-state index in [1.807, 2.05) is 30.4 Å². The number of fused-ring (bicyclic) bond motifs is 1. The molecule has 1 aliphatic rings. The van der Waals surface area contributed by atoms with Gasteiger partial charge in [0.25, 0.3) is 0 Å². The fourth-order valence-electron chi connectivity index (χ4n) is 3.82. The lowest BCUT2D eigenvalue weighted by molar-refractivity contribution is 0.197. The summed E-state index contributed by atoms with van der Waals surface area (Å²) in [5.41, 5.74) is 1.97. The summed E-state index contributed by atoms with van der Waals surface area (Å²) < 4.78 is 7.52. The first-order valence-corrected chi connectivity index (χ1v) is 10.6. The number of nitrogens with one attached hydrogen (secondary N) is 1. The molecule has 10 heteroatoms. The number of ether oxygens (including phenoxy) is 1. The number of urea groups is 1. The first-order chi connectivity index (χ1) is 14.5. The summed E-state index contributed by atoms with van der Waals surface area (Å²) in [4.78, 5) is 25.8. The number of halogens is 1. The van der Waals surface area contributed by atoms with E-state index in [9.17, 15) is 4.79 Å². The summed E-state index contributed by atoms with van der Waals surface area (Å²) in [7, 11) is 3.47. The number of carbonyl (C=O) groups excluding carboxylic acids is 1. The van der Waals surface area contributed by atoms with E-state index in [2.05, 4.69) is 48.1 Å². The molecule has 30 heavy (non-hydrogen) atoms. The summed E-state index contributed by atoms with van der Waals surface area (Å²) in [5.74, 6) is 1.10. The van der Waals surface area contributed by atoms with Gasteiger partial charge in [-0.3, -0.25) is 10.00 Å². The standard InChI is InChI=1S/C20H24BrN7O2/c1-4-13-12-27(20(29)25-17-6-5-16(30-3)18(21)24-17)9-10-28(13)15-7-8-22-19-14(15)11-23-26(19)2/h5-8,11,13H,4,9-10,12H2,1-3H3,(H,24,25,29). The molecule has 1 fully saturated rings. The molecular formula is C20H24BrN7O2. The van der Waals surface area contributed by atoms with Gasteiger partial charge in [0.2, 0.25) is 0 Å². The highest BCUT2D eigenvalue weighted by Gasteiger charge is 2.30. The van der Waals surface area contributed by atoms with Crippen molar-refractivity contribution in [1.82, 2.24) is 24.6 Å². The molecule has 2 amide bonds. The Morgan fingerprint density at radius 3 is 2.90 bits per heavy atom. The molecule has 3 aromatic heterocycles. The van der Waals surface area contributed by atoms with Gasteiger partial charge in [-0.05, 0) is 40.5 Å². The van der Waals surface area contributed by atoms with Crippen LogP contribution in [-0.4, -0.2) is 63.5 Å². The second-order valence-corrected chi connectivity index (χ2v) is 7.91. The van der Waals surface area contributed by atoms with Crippen LogP contribution >= 0.6 is 15.9 Å². The Hall–Kier alpha value is -2.88. The van der Waals surface area contributed by atoms with E-state index in [-0.39, 0.29) is 12.1 Å². The number of methoxy groups -OCH3 is 1. The van der Waals surface area contributed by atoms with Crippen LogP contribution in [0.1, 0.15) is 13.3 Å². The van der Waals surface area contributed by atoms with Crippen molar-refractivity contribution in [3.05, 3.63) is 35.2 Å². The van der Waals surface area contributed by atoms with Gasteiger partial charge in [-0.1, -0.05) is 6.92 Å². The largest absolute Gasteiger partial charge is 0.494 e. The Morgan fingerprint density at radius 1 is 1.33 bits per heavy atom. The van der Waals surface area contributed by atoms with E-state index < -0.39 is 0 Å². The zero-order valence-corrected chi connectivity index (χ0v) is 18.8. The van der Waals surface area contributed by atoms with E-state index in [4.69, 9.17) is 4.74 Å². The van der Waals surface area contributed by atoms with Crippen LogP contribution in [0.5, 0.6) is 5.75 Å². The molecule has 0 bridgehead atoms. The van der Waals surface area contributed by atoms with Gasteiger partial charge in [0.05, 0.1) is 24.4 Å². The third-order valence-corrected chi connectivity index (χ3v) is 6.00. The lowest BCUT2D eigenvalue weighted by Gasteiger charge is -2.42. The second-order valence-electron chi connectivity index (χ2n) is 7.16. The van der Waals surface area contributed by atoms with Crippen LogP contribution in [0.25, 0.3) is 11.0 Å². The second kappa shape index (κ2) is 8.47. The molecule has 9 nitrogen and oxygen atoms in total. The van der Waals surface area contributed by atoms with Gasteiger partial charge in [-0.25, -0.2) is 14.8 Å². The van der Waals surface area contributed by atoms with Crippen molar-refractivity contribution in [3.63, 3.8) is 0 Å². The summed E-state index contributed by atoms with van der Waals surface area (Å²) >= 11 is 3.35. The molecule has 1 N–H and O–H groups in total. The molecule has 1 aliphatic heterocycles. The molecule has 4 rings (SSSR count). The summed E-state index contributed by atoms with van der Waals surface area (Å²) in [6.07, 6.45) is 4.59. The quantitative estimate of drug-likeness (QED) is 0.584. The lowest BCUT2D eigenvalue weighted by atomic mass is 10.1. The van der Waals surface area contributed by atoms with Gasteiger partial charge in [-0.2, -0.15) is 5.10 Å². The number of aromatic nitrogens is 4. The van der Waals surface area contributed by atoms with Crippen LogP contribution < -0.4 is 15.0 Å². The number of nitrogens with zero attached hydrogens (tertiary/aromatic N) is 6. The molecular weight excluding hydrogens is 450 g/mol. The monoisotopic (exact) mass is 473 g/mol. The smallest absolute Gasteiger partial charge is 0.323 e. The van der Waals surface area contributed by atoms with E-state index in [0.717, 1.165) is 29.7 Å². The first kappa shape index (κ1) is 20.4. The Morgan fingerprint density at radius 2 is 2.17 bits per heavy atom. The molecule has 1 atom stereocenters. The number of hydrogen-bond acceptors (Lipinski definition) is 6. The van der Waals surface area contributed by atoms with E-state index in [0.29, 0.717) is 29.3 Å². The van der Waals surface area contributed by atoms with E-state index in [1.54, 1.807) is 23.9 Å². The Balaban J connectivity index is 1.49. The van der Waals surface area contributed by atoms with Crippen LogP contribution in [0.2, 0.25) is 0 Å². The maximum atomic E-state index is 12.8. The highest BCUT2D eigenvalue weighted by Crippen LogP contribution is 2.29. The highest BCUT2D eigenvalue weighted by atomic mass is 79.9. The number of pyridine rings is 2. The summed E-state index contributed by atoms with van der Waals surface area (Å²) in [6.45, 7) is 4.12. The number of aryl methyl sites for hydroxylation is 1. The van der Waals surface area contributed by atoms with Gasteiger partial charge in [0.15, 0.2) is 11.4 Å². The zero-order valence-electron chi connectivity index (χ0n) is 17.2. The van der Waals surface area contributed by atoms with Crippen LogP contribution in [0.3, 0.4) is 0 Å². The van der Waals surface area contributed by atoms with Crippen molar-refractivity contribution < 1.29 is 9.53 Å². The molecule has 0 radical (unpaired) electrons. The number of carbonyl (C=O) groups is 1. The average Bonchev–Trinajstić information content (AvgIpc) is 3.14. The molecule has 0 spiro atoms. The van der Waals surface area contributed by atoms with E-state index >= 15 is 0 Å². The first-order valence-electron chi connectivity index (χ1n) is 9.81. The average molecular weight is 474 g/mol. The molecule has 0 aromatic carbocycles. The predicted molar refractivity (Wildman–Crippen MR) is 119 cm³/mol. The third kappa shape index (κ3) is 3.79. The topological polar surface area (TPSA) is 88.4 Å². The van der Waals surface area contributed by atoms with Crippen molar-refractivity contribution in [2.45, 2.75) is 19.4 Å². The van der Waals surface area contributed by atoms with Gasteiger partial charge in [0, 0.05) is 38.9 Å². The SMILES string of the molecule is CCC1CN(C(=O)Nc2ccc(OC)c(Br)n2)CCN1c1ccnc2c1cnn2C.